The van der Waals surface area contributed by atoms with Crippen LogP contribution in [0.3, 0.4) is 0 Å². The SMILES string of the molecule is C=CCn1cc(C(=O)N(C)C2CCCc3c(F)cccc32)c2c(c1=O)CC(C)=C2.C=CCn1cc(C(=O)N(C)C2CCCc3c(OC)cccc32)c2c(c1=O)CC(C)=C2.C=CCn1cc(C(=O)N(C)C2CCCc3ccc(C)cc32)c2c(c1=O)CC(C)=C2.C=CCn1cc(C(=O)N(C)C2CCCc3ccc(C)cc32)c2c(c1=O)CC(C)=C2.C=CCn1cc(C(=O)N(C)C2CCCc3ccc(C)cc32)c2c(c1=O)CC(C)=C2. The summed E-state index contributed by atoms with van der Waals surface area (Å²) in [4.78, 5) is 141. The normalized spacial score (nSPS) is 17.3. The Labute approximate surface area is 856 Å². The quantitative estimate of drug-likeness (QED) is 0.0616. The van der Waals surface area contributed by atoms with Crippen LogP contribution >= 0.6 is 0 Å². The topological polar surface area (TPSA) is 221 Å². The average molecular weight is 1960 g/mol. The maximum atomic E-state index is 14.3. The second-order valence-corrected chi connectivity index (χ2v) is 41.3. The summed E-state index contributed by atoms with van der Waals surface area (Å²) in [5.41, 5.74) is 31.1. The van der Waals surface area contributed by atoms with Crippen molar-refractivity contribution >= 4 is 59.9 Å². The number of hydrogen-bond acceptors (Lipinski definition) is 11. The molecule has 10 aliphatic rings. The Morgan fingerprint density at radius 2 is 0.555 bits per heavy atom. The van der Waals surface area contributed by atoms with Crippen LogP contribution in [-0.2, 0) is 96.9 Å². The van der Waals surface area contributed by atoms with Gasteiger partial charge < -0.3 is 52.1 Å². The maximum absolute atomic E-state index is 14.3. The Morgan fingerprint density at radius 3 is 0.808 bits per heavy atom. The van der Waals surface area contributed by atoms with E-state index >= 15 is 0 Å². The van der Waals surface area contributed by atoms with Gasteiger partial charge in [-0.15, -0.1) is 32.9 Å². The van der Waals surface area contributed by atoms with E-state index in [1.807, 2.05) is 131 Å². The second-order valence-electron chi connectivity index (χ2n) is 41.3. The van der Waals surface area contributed by atoms with E-state index in [1.165, 1.54) is 61.7 Å². The highest BCUT2D eigenvalue weighted by Crippen LogP contribution is 2.45. The summed E-state index contributed by atoms with van der Waals surface area (Å²) in [6.45, 7) is 37.0. The van der Waals surface area contributed by atoms with Gasteiger partial charge in [-0.2, -0.15) is 0 Å². The van der Waals surface area contributed by atoms with E-state index in [0.29, 0.717) is 116 Å². The number of carbonyl (C=O) groups is 5. The number of aromatic nitrogens is 5. The molecular formula is C124H137FN10O11. The Bertz CT molecular complexity index is 6910. The predicted molar refractivity (Wildman–Crippen MR) is 583 cm³/mol. The van der Waals surface area contributed by atoms with E-state index in [9.17, 15) is 52.3 Å². The van der Waals surface area contributed by atoms with Gasteiger partial charge in [-0.05, 0) is 279 Å². The zero-order valence-corrected chi connectivity index (χ0v) is 87.3. The first-order valence-corrected chi connectivity index (χ1v) is 51.4. The molecule has 0 aliphatic heterocycles. The Hall–Kier alpha value is -14.7. The fourth-order valence-corrected chi connectivity index (χ4v) is 23.6. The number of fused-ring (bicyclic) bond motifs is 10. The van der Waals surface area contributed by atoms with E-state index in [0.717, 1.165) is 179 Å². The van der Waals surface area contributed by atoms with Crippen molar-refractivity contribution in [1.29, 1.82) is 0 Å². The number of nitrogens with zero attached hydrogens (tertiary/aromatic N) is 10. The van der Waals surface area contributed by atoms with Crippen LogP contribution in [0.4, 0.5) is 4.39 Å². The second kappa shape index (κ2) is 44.5. The average Bonchev–Trinajstić information content (AvgIpc) is 1.70. The van der Waals surface area contributed by atoms with Gasteiger partial charge in [0.25, 0.3) is 57.3 Å². The van der Waals surface area contributed by atoms with Crippen LogP contribution < -0.4 is 32.5 Å². The van der Waals surface area contributed by atoms with Crippen molar-refractivity contribution in [2.24, 2.45) is 0 Å². The highest BCUT2D eigenvalue weighted by atomic mass is 19.1. The molecule has 20 rings (SSSR count). The highest BCUT2D eigenvalue weighted by Gasteiger charge is 2.39. The molecule has 5 aromatic carbocycles. The summed E-state index contributed by atoms with van der Waals surface area (Å²) >= 11 is 0. The van der Waals surface area contributed by atoms with Gasteiger partial charge in [0.05, 0.1) is 65.1 Å². The summed E-state index contributed by atoms with van der Waals surface area (Å²) in [7, 11) is 11.0. The lowest BCUT2D eigenvalue weighted by molar-refractivity contribution is 0.0706. The zero-order chi connectivity index (χ0) is 104. The van der Waals surface area contributed by atoms with Gasteiger partial charge in [0.1, 0.15) is 11.6 Å². The molecule has 0 saturated carbocycles. The van der Waals surface area contributed by atoms with Crippen molar-refractivity contribution in [2.45, 2.75) is 247 Å². The molecule has 21 nitrogen and oxygen atoms in total. The molecule has 10 aliphatic carbocycles. The minimum atomic E-state index is -0.202. The molecule has 5 aromatic heterocycles. The molecular weight excluding hydrogens is 1820 g/mol. The third-order valence-electron chi connectivity index (χ3n) is 30.9. The molecule has 0 fully saturated rings. The first-order chi connectivity index (χ1) is 70.1. The fraction of sp³-hybridized carbons (Fsp3) is 0.355. The van der Waals surface area contributed by atoms with Gasteiger partial charge >= 0.3 is 0 Å². The van der Waals surface area contributed by atoms with Gasteiger partial charge in [-0.1, -0.05) is 184 Å². The summed E-state index contributed by atoms with van der Waals surface area (Å²) < 4.78 is 27.8. The number of benzene rings is 5. The number of methoxy groups -OCH3 is 1. The molecule has 0 saturated heterocycles. The first-order valence-electron chi connectivity index (χ1n) is 51.4. The van der Waals surface area contributed by atoms with Crippen LogP contribution in [0.15, 0.2) is 237 Å². The van der Waals surface area contributed by atoms with Crippen molar-refractivity contribution < 1.29 is 33.1 Å². The predicted octanol–water partition coefficient (Wildman–Crippen LogP) is 21.8. The van der Waals surface area contributed by atoms with Crippen molar-refractivity contribution in [3.8, 4) is 5.75 Å². The van der Waals surface area contributed by atoms with Crippen LogP contribution in [0.5, 0.6) is 5.75 Å². The number of aryl methyl sites for hydroxylation is 6. The monoisotopic (exact) mass is 1960 g/mol. The molecule has 0 spiro atoms. The van der Waals surface area contributed by atoms with Crippen LogP contribution in [0, 0.1) is 26.6 Å². The minimum Gasteiger partial charge on any atom is -0.496 e. The maximum Gasteiger partial charge on any atom is 0.256 e. The largest absolute Gasteiger partial charge is 0.496 e. The van der Waals surface area contributed by atoms with Crippen LogP contribution in [0.2, 0.25) is 0 Å². The molecule has 0 bridgehead atoms. The Balaban J connectivity index is 0.000000131. The van der Waals surface area contributed by atoms with Crippen molar-refractivity contribution in [2.75, 3.05) is 42.3 Å². The molecule has 146 heavy (non-hydrogen) atoms. The van der Waals surface area contributed by atoms with E-state index < -0.39 is 0 Å². The molecule has 10 aromatic rings. The van der Waals surface area contributed by atoms with Crippen molar-refractivity contribution in [1.82, 2.24) is 47.3 Å². The van der Waals surface area contributed by atoms with E-state index in [-0.39, 0.29) is 93.4 Å². The minimum absolute atomic E-state index is 0.0155. The zero-order valence-electron chi connectivity index (χ0n) is 87.3. The molecule has 0 N–H and O–H groups in total. The number of hydrogen-bond donors (Lipinski definition) is 0. The lowest BCUT2D eigenvalue weighted by Crippen LogP contribution is -2.35. The van der Waals surface area contributed by atoms with Crippen molar-refractivity contribution in [3.63, 3.8) is 0 Å². The molecule has 0 radical (unpaired) electrons. The smallest absolute Gasteiger partial charge is 0.256 e. The van der Waals surface area contributed by atoms with Gasteiger partial charge in [-0.3, -0.25) is 47.9 Å². The Kier molecular flexibility index (Phi) is 31.8. The van der Waals surface area contributed by atoms with E-state index in [2.05, 4.69) is 114 Å². The molecule has 22 heteroatoms. The molecule has 756 valence electrons. The Morgan fingerprint density at radius 1 is 0.322 bits per heavy atom. The molecule has 5 unspecified atom stereocenters. The summed E-state index contributed by atoms with van der Waals surface area (Å²) in [5.74, 6) is 0.407. The van der Waals surface area contributed by atoms with E-state index in [4.69, 9.17) is 4.74 Å². The number of halogens is 1. The lowest BCUT2D eigenvalue weighted by Gasteiger charge is -2.34. The third kappa shape index (κ3) is 20.9. The number of amides is 5. The number of allylic oxidation sites excluding steroid dienone is 10. The van der Waals surface area contributed by atoms with Gasteiger partial charge in [0, 0.05) is 127 Å². The van der Waals surface area contributed by atoms with Crippen LogP contribution in [0.1, 0.15) is 309 Å². The van der Waals surface area contributed by atoms with Crippen LogP contribution in [-0.4, -0.2) is 119 Å². The number of ether oxygens (including phenoxy) is 1. The highest BCUT2D eigenvalue weighted by molar-refractivity contribution is 6.02. The summed E-state index contributed by atoms with van der Waals surface area (Å²) in [6.07, 6.45) is 44.3. The van der Waals surface area contributed by atoms with Gasteiger partial charge in [-0.25, -0.2) is 4.39 Å². The van der Waals surface area contributed by atoms with Crippen LogP contribution in [0.25, 0.3) is 30.4 Å². The van der Waals surface area contributed by atoms with Gasteiger partial charge in [0.15, 0.2) is 0 Å². The number of rotatable bonds is 21. The lowest BCUT2D eigenvalue weighted by atomic mass is 9.85. The summed E-state index contributed by atoms with van der Waals surface area (Å²) in [6, 6.07) is 30.9. The summed E-state index contributed by atoms with van der Waals surface area (Å²) in [5, 5.41) is 0. The third-order valence-corrected chi connectivity index (χ3v) is 30.9. The molecule has 5 heterocycles. The molecule has 5 atom stereocenters. The standard InChI is InChI=1S/C25H28N2O3.3C25H28N2O2.C24H25FN2O2/c1-5-12-27-15-21(19-13-16(2)14-20(19)25(27)29)24(28)26(3)22-10-6-9-18-17(22)8-7-11-23(18)30-4;3*1-5-11-27-15-22(20-13-17(3)14-21(20)25(27)29)24(28)26(4)23-8-6-7-18-10-9-16(2)12-19(18)23;1-4-11-27-14-20(18-12-15(2)13-19(18)24(27)29)23(28)26(3)22-10-6-7-16-17(22)8-5-9-21(16)25/h5,7-8,11,13,15,22H,1,6,9-10,12,14H2,2-4H3;3*5,9-10,12-13,15,23H,1,6-8,11,14H2,2-4H3;4-5,8-9,12,14,22H,1,6-7,10-11,13H2,2-3H3. The first kappa shape index (κ1) is 104. The van der Waals surface area contributed by atoms with E-state index in [1.54, 1.807) is 109 Å². The fourth-order valence-electron chi connectivity index (χ4n) is 23.6. The van der Waals surface area contributed by atoms with Crippen molar-refractivity contribution in [3.05, 3.63) is 426 Å². The number of carbonyl (C=O) groups excluding carboxylic acids is 5. The molecule has 5 amide bonds. The van der Waals surface area contributed by atoms with Gasteiger partial charge in [0.2, 0.25) is 0 Å². The number of pyridine rings is 5.